The van der Waals surface area contributed by atoms with Crippen LogP contribution >= 0.6 is 0 Å². The van der Waals surface area contributed by atoms with Gasteiger partial charge in [-0.15, -0.1) is 0 Å². The minimum atomic E-state index is -0.0441. The van der Waals surface area contributed by atoms with Gasteiger partial charge in [0.15, 0.2) is 0 Å². The summed E-state index contributed by atoms with van der Waals surface area (Å²) in [7, 11) is 1.51. The van der Waals surface area contributed by atoms with E-state index in [4.69, 9.17) is 9.47 Å². The van der Waals surface area contributed by atoms with Crippen molar-refractivity contribution in [3.05, 3.63) is 0 Å². The van der Waals surface area contributed by atoms with Crippen molar-refractivity contribution < 1.29 is 14.3 Å². The van der Waals surface area contributed by atoms with Crippen LogP contribution in [-0.2, 0) is 14.3 Å². The van der Waals surface area contributed by atoms with Crippen LogP contribution in [0.3, 0.4) is 0 Å². The second-order valence-electron chi connectivity index (χ2n) is 9.83. The van der Waals surface area contributed by atoms with Crippen LogP contribution < -0.4 is 0 Å². The Labute approximate surface area is 147 Å². The molecule has 3 nitrogen and oxygen atoms in total. The molecule has 0 aromatic carbocycles. The summed E-state index contributed by atoms with van der Waals surface area (Å²) in [5, 5.41) is 0. The van der Waals surface area contributed by atoms with E-state index in [9.17, 15) is 4.79 Å². The maximum Gasteiger partial charge on any atom is 0.305 e. The van der Waals surface area contributed by atoms with Crippen LogP contribution in [-0.4, -0.2) is 24.8 Å². The van der Waals surface area contributed by atoms with E-state index in [-0.39, 0.29) is 11.6 Å². The molecule has 0 spiro atoms. The summed E-state index contributed by atoms with van der Waals surface area (Å²) < 4.78 is 11.4. The van der Waals surface area contributed by atoms with Gasteiger partial charge in [0.05, 0.1) is 18.8 Å². The van der Waals surface area contributed by atoms with E-state index < -0.39 is 0 Å². The average Bonchev–Trinajstić information content (AvgIpc) is 2.82. The Balaban J connectivity index is 1.65. The number of methoxy groups -OCH3 is 1. The van der Waals surface area contributed by atoms with Crippen molar-refractivity contribution in [3.63, 3.8) is 0 Å². The van der Waals surface area contributed by atoms with Crippen molar-refractivity contribution in [1.82, 2.24) is 0 Å². The third-order valence-electron chi connectivity index (χ3n) is 7.22. The molecule has 0 aromatic heterocycles. The van der Waals surface area contributed by atoms with Crippen molar-refractivity contribution in [2.75, 3.05) is 7.11 Å². The van der Waals surface area contributed by atoms with E-state index in [2.05, 4.69) is 27.7 Å². The molecule has 0 unspecified atom stereocenters. The Kier molecular flexibility index (Phi) is 5.03. The SMILES string of the molecule is COC(=O)C[C@H]1CC[C@@H]2[C@H](CC[C@]3(C)[C@@H](OC(C)(C)C)CC[C@@H]23)C1. The summed E-state index contributed by atoms with van der Waals surface area (Å²) in [6.07, 6.45) is 9.96. The van der Waals surface area contributed by atoms with Gasteiger partial charge in [-0.3, -0.25) is 4.79 Å². The zero-order chi connectivity index (χ0) is 17.5. The molecule has 3 aliphatic rings. The topological polar surface area (TPSA) is 35.5 Å². The van der Waals surface area contributed by atoms with Crippen molar-refractivity contribution in [2.45, 2.75) is 90.8 Å². The Morgan fingerprint density at radius 1 is 1.12 bits per heavy atom. The molecule has 0 radical (unpaired) electrons. The molecule has 3 saturated carbocycles. The van der Waals surface area contributed by atoms with Gasteiger partial charge in [0.2, 0.25) is 0 Å². The van der Waals surface area contributed by atoms with E-state index in [1.54, 1.807) is 0 Å². The predicted molar refractivity (Wildman–Crippen MR) is 95.6 cm³/mol. The van der Waals surface area contributed by atoms with Crippen LogP contribution in [0.2, 0.25) is 0 Å². The first kappa shape index (κ1) is 18.2. The molecule has 0 aliphatic heterocycles. The summed E-state index contributed by atoms with van der Waals surface area (Å²) in [6.45, 7) is 9.06. The van der Waals surface area contributed by atoms with Crippen molar-refractivity contribution >= 4 is 5.97 Å². The van der Waals surface area contributed by atoms with Gasteiger partial charge in [0.25, 0.3) is 0 Å². The number of ether oxygens (including phenoxy) is 2. The highest BCUT2D eigenvalue weighted by atomic mass is 16.5. The highest BCUT2D eigenvalue weighted by molar-refractivity contribution is 5.69. The van der Waals surface area contributed by atoms with Crippen LogP contribution in [0.15, 0.2) is 0 Å². The van der Waals surface area contributed by atoms with Crippen molar-refractivity contribution in [3.8, 4) is 0 Å². The number of rotatable bonds is 3. The number of fused-ring (bicyclic) bond motifs is 3. The fraction of sp³-hybridized carbons (Fsp3) is 0.952. The lowest BCUT2D eigenvalue weighted by Gasteiger charge is -2.52. The van der Waals surface area contributed by atoms with Gasteiger partial charge in [-0.1, -0.05) is 6.92 Å². The van der Waals surface area contributed by atoms with Crippen molar-refractivity contribution in [2.24, 2.45) is 29.1 Å². The van der Waals surface area contributed by atoms with E-state index in [1.807, 2.05) is 0 Å². The quantitative estimate of drug-likeness (QED) is 0.682. The number of esters is 1. The number of carbonyl (C=O) groups is 1. The summed E-state index contributed by atoms with van der Waals surface area (Å²) in [5.41, 5.74) is 0.321. The molecule has 3 rings (SSSR count). The Bertz CT molecular complexity index is 466. The van der Waals surface area contributed by atoms with E-state index in [0.29, 0.717) is 23.9 Å². The minimum absolute atomic E-state index is 0.0291. The summed E-state index contributed by atoms with van der Waals surface area (Å²) in [6, 6.07) is 0. The summed E-state index contributed by atoms with van der Waals surface area (Å²) in [5.74, 6) is 3.01. The lowest BCUT2D eigenvalue weighted by atomic mass is 9.55. The summed E-state index contributed by atoms with van der Waals surface area (Å²) in [4.78, 5) is 11.6. The van der Waals surface area contributed by atoms with Gasteiger partial charge in [-0.2, -0.15) is 0 Å². The molecule has 0 N–H and O–H groups in total. The van der Waals surface area contributed by atoms with Crippen LogP contribution in [0.4, 0.5) is 0 Å². The maximum atomic E-state index is 11.6. The molecular weight excluding hydrogens is 300 g/mol. The second-order valence-corrected chi connectivity index (χ2v) is 9.83. The first-order chi connectivity index (χ1) is 11.2. The van der Waals surface area contributed by atoms with Crippen LogP contribution in [0.25, 0.3) is 0 Å². The Hall–Kier alpha value is -0.570. The molecule has 0 amide bonds. The molecule has 138 valence electrons. The van der Waals surface area contributed by atoms with Crippen LogP contribution in [0.1, 0.15) is 79.1 Å². The minimum Gasteiger partial charge on any atom is -0.469 e. The first-order valence-corrected chi connectivity index (χ1v) is 9.97. The lowest BCUT2D eigenvalue weighted by molar-refractivity contribution is -0.143. The van der Waals surface area contributed by atoms with Crippen molar-refractivity contribution in [1.29, 1.82) is 0 Å². The molecule has 0 heterocycles. The van der Waals surface area contributed by atoms with Gasteiger partial charge in [-0.05, 0) is 94.8 Å². The smallest absolute Gasteiger partial charge is 0.305 e. The standard InChI is InChI=1S/C21H36O3/c1-20(2,3)24-18-9-8-17-16-7-6-14(13-19(22)23-5)12-15(16)10-11-21(17,18)4/h14-18H,6-13H2,1-5H3/t14-,15+,16+,17-,18-,21-/m0/s1. The monoisotopic (exact) mass is 336 g/mol. The number of hydrogen-bond acceptors (Lipinski definition) is 3. The predicted octanol–water partition coefficient (Wildman–Crippen LogP) is 4.98. The zero-order valence-electron chi connectivity index (χ0n) is 16.3. The summed E-state index contributed by atoms with van der Waals surface area (Å²) >= 11 is 0. The largest absolute Gasteiger partial charge is 0.469 e. The van der Waals surface area contributed by atoms with E-state index >= 15 is 0 Å². The fourth-order valence-electron chi connectivity index (χ4n) is 6.15. The van der Waals surface area contributed by atoms with E-state index in [0.717, 1.165) is 17.8 Å². The van der Waals surface area contributed by atoms with Gasteiger partial charge in [0, 0.05) is 6.42 Å². The molecule has 0 saturated heterocycles. The Morgan fingerprint density at radius 2 is 1.88 bits per heavy atom. The highest BCUT2D eigenvalue weighted by Gasteiger charge is 2.55. The van der Waals surface area contributed by atoms with E-state index in [1.165, 1.54) is 52.1 Å². The molecule has 24 heavy (non-hydrogen) atoms. The first-order valence-electron chi connectivity index (χ1n) is 9.97. The molecular formula is C21H36O3. The highest BCUT2D eigenvalue weighted by Crippen LogP contribution is 2.61. The third-order valence-corrected chi connectivity index (χ3v) is 7.22. The van der Waals surface area contributed by atoms with Gasteiger partial charge < -0.3 is 9.47 Å². The molecule has 0 aromatic rings. The number of hydrogen-bond donors (Lipinski definition) is 0. The average molecular weight is 337 g/mol. The molecule has 3 heteroatoms. The fourth-order valence-corrected chi connectivity index (χ4v) is 6.15. The van der Waals surface area contributed by atoms with Gasteiger partial charge in [0.1, 0.15) is 0 Å². The lowest BCUT2D eigenvalue weighted by Crippen LogP contribution is -2.47. The molecule has 6 atom stereocenters. The Morgan fingerprint density at radius 3 is 2.54 bits per heavy atom. The molecule has 0 bridgehead atoms. The van der Waals surface area contributed by atoms with Crippen LogP contribution in [0.5, 0.6) is 0 Å². The number of carbonyl (C=O) groups excluding carboxylic acids is 1. The van der Waals surface area contributed by atoms with Crippen LogP contribution in [0, 0.1) is 29.1 Å². The maximum absolute atomic E-state index is 11.6. The molecule has 3 fully saturated rings. The third kappa shape index (κ3) is 3.52. The van der Waals surface area contributed by atoms with Gasteiger partial charge in [-0.25, -0.2) is 0 Å². The normalized spacial score (nSPS) is 42.3. The molecule has 3 aliphatic carbocycles. The second kappa shape index (κ2) is 6.63. The van der Waals surface area contributed by atoms with Gasteiger partial charge >= 0.3 is 5.97 Å². The zero-order valence-corrected chi connectivity index (χ0v) is 16.3.